The number of aliphatic imine (C=N–C) groups is 1. The second-order valence-electron chi connectivity index (χ2n) is 2.99. The summed E-state index contributed by atoms with van der Waals surface area (Å²) in [6, 6.07) is 0. The fourth-order valence-corrected chi connectivity index (χ4v) is 1.07. The summed E-state index contributed by atoms with van der Waals surface area (Å²) >= 11 is 0. The lowest BCUT2D eigenvalue weighted by Crippen LogP contribution is -1.90. The minimum atomic E-state index is -0.153. The Kier molecular flexibility index (Phi) is 3.03. The van der Waals surface area contributed by atoms with Gasteiger partial charge in [-0.05, 0) is 24.1 Å². The average molecular weight is 179 g/mol. The Balaban J connectivity index is 2.83. The van der Waals surface area contributed by atoms with Crippen molar-refractivity contribution in [1.82, 2.24) is 0 Å². The fraction of sp³-hybridized carbons (Fsp3) is 0.300. The molecule has 0 aliphatic carbocycles. The molecule has 2 N–H and O–H groups in total. The minimum Gasteiger partial charge on any atom is -0.506 e. The third-order valence-electron chi connectivity index (χ3n) is 1.81. The van der Waals surface area contributed by atoms with Gasteiger partial charge in [0.15, 0.2) is 0 Å². The van der Waals surface area contributed by atoms with E-state index in [0.29, 0.717) is 11.3 Å². The van der Waals surface area contributed by atoms with E-state index < -0.39 is 0 Å². The Labute approximate surface area is 77.4 Å². The molecular formula is C10H13NO2. The first-order chi connectivity index (χ1) is 6.15. The van der Waals surface area contributed by atoms with Gasteiger partial charge in [-0.25, -0.2) is 0 Å². The molecule has 0 saturated carbocycles. The second-order valence-corrected chi connectivity index (χ2v) is 2.99. The van der Waals surface area contributed by atoms with Crippen molar-refractivity contribution in [3.05, 3.63) is 35.3 Å². The predicted molar refractivity (Wildman–Crippen MR) is 52.7 cm³/mol. The molecule has 0 aromatic rings. The third kappa shape index (κ3) is 2.29. The van der Waals surface area contributed by atoms with Crippen molar-refractivity contribution >= 4 is 6.21 Å². The lowest BCUT2D eigenvalue weighted by atomic mass is 10.1. The summed E-state index contributed by atoms with van der Waals surface area (Å²) in [5, 5.41) is 18.2. The van der Waals surface area contributed by atoms with Crippen LogP contribution >= 0.6 is 0 Å². The number of hydrogen-bond acceptors (Lipinski definition) is 3. The van der Waals surface area contributed by atoms with Crippen molar-refractivity contribution in [3.8, 4) is 0 Å². The van der Waals surface area contributed by atoms with E-state index in [1.165, 1.54) is 6.08 Å². The number of aliphatic hydroxyl groups is 2. The molecule has 0 fully saturated rings. The molecule has 0 spiro atoms. The highest BCUT2D eigenvalue weighted by Crippen LogP contribution is 2.21. The maximum atomic E-state index is 9.54. The monoisotopic (exact) mass is 179 g/mol. The van der Waals surface area contributed by atoms with Crippen LogP contribution in [0, 0.1) is 0 Å². The molecule has 1 aliphatic heterocycles. The summed E-state index contributed by atoms with van der Waals surface area (Å²) in [6.07, 6.45) is 3.96. The molecule has 0 aromatic carbocycles. The third-order valence-corrected chi connectivity index (χ3v) is 1.81. The SMILES string of the molecule is C=C(C=C(O)C1=C(C)CC=N1)CO. The van der Waals surface area contributed by atoms with Gasteiger partial charge in [0.2, 0.25) is 0 Å². The number of allylic oxidation sites excluding steroid dienone is 1. The first-order valence-electron chi connectivity index (χ1n) is 4.07. The molecule has 0 amide bonds. The van der Waals surface area contributed by atoms with E-state index in [1.807, 2.05) is 6.92 Å². The van der Waals surface area contributed by atoms with Crippen molar-refractivity contribution in [2.24, 2.45) is 4.99 Å². The zero-order chi connectivity index (χ0) is 9.84. The zero-order valence-electron chi connectivity index (χ0n) is 7.62. The molecule has 1 aliphatic rings. The number of nitrogens with zero attached hydrogens (tertiary/aromatic N) is 1. The smallest absolute Gasteiger partial charge is 0.141 e. The lowest BCUT2D eigenvalue weighted by Gasteiger charge is -2.00. The second kappa shape index (κ2) is 4.05. The van der Waals surface area contributed by atoms with E-state index in [-0.39, 0.29) is 12.4 Å². The molecule has 0 aromatic heterocycles. The summed E-state index contributed by atoms with van der Waals surface area (Å²) in [5.74, 6) is 0.0744. The van der Waals surface area contributed by atoms with Crippen LogP contribution in [-0.2, 0) is 0 Å². The van der Waals surface area contributed by atoms with E-state index in [4.69, 9.17) is 5.11 Å². The Bertz CT molecular complexity index is 311. The van der Waals surface area contributed by atoms with E-state index in [9.17, 15) is 5.11 Å². The molecule has 13 heavy (non-hydrogen) atoms. The van der Waals surface area contributed by atoms with Gasteiger partial charge in [-0.15, -0.1) is 0 Å². The quantitative estimate of drug-likeness (QED) is 0.512. The van der Waals surface area contributed by atoms with Crippen molar-refractivity contribution in [1.29, 1.82) is 0 Å². The van der Waals surface area contributed by atoms with Crippen LogP contribution < -0.4 is 0 Å². The van der Waals surface area contributed by atoms with Crippen LogP contribution in [0.1, 0.15) is 13.3 Å². The van der Waals surface area contributed by atoms with Crippen LogP contribution in [0.2, 0.25) is 0 Å². The summed E-state index contributed by atoms with van der Waals surface area (Å²) in [4.78, 5) is 4.02. The Morgan fingerprint density at radius 1 is 1.77 bits per heavy atom. The van der Waals surface area contributed by atoms with Crippen LogP contribution in [0.15, 0.2) is 40.2 Å². The van der Waals surface area contributed by atoms with Gasteiger partial charge in [-0.1, -0.05) is 6.58 Å². The molecule has 70 valence electrons. The fourth-order valence-electron chi connectivity index (χ4n) is 1.07. The normalized spacial score (nSPS) is 16.9. The largest absolute Gasteiger partial charge is 0.506 e. The number of rotatable bonds is 3. The molecule has 0 atom stereocenters. The van der Waals surface area contributed by atoms with Crippen LogP contribution in [0.4, 0.5) is 0 Å². The number of aliphatic hydroxyl groups excluding tert-OH is 2. The Hall–Kier alpha value is -1.35. The van der Waals surface area contributed by atoms with Crippen LogP contribution in [0.3, 0.4) is 0 Å². The standard InChI is InChI=1S/C10H13NO2/c1-7(6-12)5-9(13)10-8(2)3-4-11-10/h4-5,12-13H,1,3,6H2,2H3. The minimum absolute atomic E-state index is 0.0744. The molecule has 0 radical (unpaired) electrons. The van der Waals surface area contributed by atoms with Gasteiger partial charge in [0.1, 0.15) is 11.5 Å². The molecule has 1 rings (SSSR count). The van der Waals surface area contributed by atoms with E-state index in [2.05, 4.69) is 11.6 Å². The van der Waals surface area contributed by atoms with Crippen molar-refractivity contribution in [2.75, 3.05) is 6.61 Å². The maximum absolute atomic E-state index is 9.54. The Morgan fingerprint density at radius 3 is 2.92 bits per heavy atom. The summed E-state index contributed by atoms with van der Waals surface area (Å²) in [5.41, 5.74) is 2.09. The van der Waals surface area contributed by atoms with Gasteiger partial charge >= 0.3 is 0 Å². The van der Waals surface area contributed by atoms with Crippen molar-refractivity contribution < 1.29 is 10.2 Å². The van der Waals surface area contributed by atoms with Crippen LogP contribution in [0.25, 0.3) is 0 Å². The van der Waals surface area contributed by atoms with Crippen LogP contribution in [0.5, 0.6) is 0 Å². The van der Waals surface area contributed by atoms with Gasteiger partial charge < -0.3 is 10.2 Å². The van der Waals surface area contributed by atoms with E-state index in [1.54, 1.807) is 6.21 Å². The summed E-state index contributed by atoms with van der Waals surface area (Å²) < 4.78 is 0. The molecule has 0 bridgehead atoms. The first kappa shape index (κ1) is 9.74. The van der Waals surface area contributed by atoms with Crippen LogP contribution in [-0.4, -0.2) is 23.0 Å². The highest BCUT2D eigenvalue weighted by atomic mass is 16.3. The van der Waals surface area contributed by atoms with E-state index in [0.717, 1.165) is 12.0 Å². The van der Waals surface area contributed by atoms with Gasteiger partial charge in [-0.2, -0.15) is 0 Å². The average Bonchev–Trinajstić information content (AvgIpc) is 2.51. The topological polar surface area (TPSA) is 52.8 Å². The lowest BCUT2D eigenvalue weighted by molar-refractivity contribution is 0.333. The summed E-state index contributed by atoms with van der Waals surface area (Å²) in [6.45, 7) is 5.31. The highest BCUT2D eigenvalue weighted by Gasteiger charge is 2.10. The maximum Gasteiger partial charge on any atom is 0.141 e. The van der Waals surface area contributed by atoms with Crippen molar-refractivity contribution in [2.45, 2.75) is 13.3 Å². The first-order valence-corrected chi connectivity index (χ1v) is 4.07. The highest BCUT2D eigenvalue weighted by molar-refractivity contribution is 5.68. The molecule has 1 heterocycles. The molecule has 0 saturated heterocycles. The molecule has 3 nitrogen and oxygen atoms in total. The zero-order valence-corrected chi connectivity index (χ0v) is 7.62. The van der Waals surface area contributed by atoms with Gasteiger partial charge in [-0.3, -0.25) is 4.99 Å². The van der Waals surface area contributed by atoms with Gasteiger partial charge in [0.25, 0.3) is 0 Å². The van der Waals surface area contributed by atoms with Gasteiger partial charge in [0.05, 0.1) is 6.61 Å². The molecule has 3 heteroatoms. The Morgan fingerprint density at radius 2 is 2.46 bits per heavy atom. The number of hydrogen-bond donors (Lipinski definition) is 2. The van der Waals surface area contributed by atoms with Gasteiger partial charge in [0, 0.05) is 12.6 Å². The summed E-state index contributed by atoms with van der Waals surface area (Å²) in [7, 11) is 0. The van der Waals surface area contributed by atoms with E-state index >= 15 is 0 Å². The molecular weight excluding hydrogens is 166 g/mol. The molecule has 0 unspecified atom stereocenters. The van der Waals surface area contributed by atoms with Crippen molar-refractivity contribution in [3.63, 3.8) is 0 Å². The predicted octanol–water partition coefficient (Wildman–Crippen LogP) is 1.73.